The van der Waals surface area contributed by atoms with Crippen LogP contribution in [-0.2, 0) is 0 Å². The molecule has 1 aromatic carbocycles. The summed E-state index contributed by atoms with van der Waals surface area (Å²) < 4.78 is 14.9. The number of amides is 1. The third kappa shape index (κ3) is 3.95. The number of carbonyl (C=O) groups is 1. The maximum atomic E-state index is 13.1. The highest BCUT2D eigenvalue weighted by molar-refractivity contribution is 5.94. The maximum Gasteiger partial charge on any atom is 0.251 e. The molecule has 3 aromatic rings. The highest BCUT2D eigenvalue weighted by Gasteiger charge is 2.05. The molecule has 0 saturated carbocycles. The van der Waals surface area contributed by atoms with E-state index in [9.17, 15) is 9.18 Å². The summed E-state index contributed by atoms with van der Waals surface area (Å²) in [5.74, 6) is 0.597. The monoisotopic (exact) mass is 325 g/mol. The quantitative estimate of drug-likeness (QED) is 0.682. The van der Waals surface area contributed by atoms with Crippen LogP contribution in [0.25, 0.3) is 5.82 Å². The van der Waals surface area contributed by atoms with Crippen molar-refractivity contribution in [2.75, 3.05) is 18.4 Å². The molecule has 0 radical (unpaired) electrons. The van der Waals surface area contributed by atoms with Crippen molar-refractivity contribution < 1.29 is 9.18 Å². The molecule has 122 valence electrons. The van der Waals surface area contributed by atoms with E-state index in [0.717, 1.165) is 5.82 Å². The van der Waals surface area contributed by atoms with Gasteiger partial charge < -0.3 is 15.2 Å². The fraction of sp³-hybridized carbons (Fsp3) is 0.118. The van der Waals surface area contributed by atoms with Crippen molar-refractivity contribution >= 4 is 11.7 Å². The molecule has 0 spiro atoms. The Morgan fingerprint density at radius 3 is 2.58 bits per heavy atom. The lowest BCUT2D eigenvalue weighted by atomic mass is 10.2. The van der Waals surface area contributed by atoms with E-state index in [2.05, 4.69) is 20.8 Å². The molecule has 0 atom stereocenters. The van der Waals surface area contributed by atoms with Crippen molar-refractivity contribution in [3.63, 3.8) is 0 Å². The minimum Gasteiger partial charge on any atom is -0.367 e. The Bertz CT molecular complexity index is 802. The van der Waals surface area contributed by atoms with E-state index in [-0.39, 0.29) is 5.91 Å². The highest BCUT2D eigenvalue weighted by Crippen LogP contribution is 2.06. The molecule has 2 heterocycles. The van der Waals surface area contributed by atoms with Gasteiger partial charge in [-0.2, -0.15) is 0 Å². The van der Waals surface area contributed by atoms with Crippen molar-refractivity contribution in [2.45, 2.75) is 0 Å². The highest BCUT2D eigenvalue weighted by atomic mass is 19.1. The molecular weight excluding hydrogens is 309 g/mol. The normalized spacial score (nSPS) is 10.4. The number of benzene rings is 1. The molecule has 0 unspecified atom stereocenters. The van der Waals surface area contributed by atoms with Crippen LogP contribution < -0.4 is 10.6 Å². The number of hydrogen-bond donors (Lipinski definition) is 2. The topological polar surface area (TPSA) is 71.8 Å². The van der Waals surface area contributed by atoms with Gasteiger partial charge in [-0.3, -0.25) is 4.79 Å². The average Bonchev–Trinajstić information content (AvgIpc) is 3.14. The van der Waals surface area contributed by atoms with Crippen molar-refractivity contribution in [1.82, 2.24) is 20.1 Å². The molecule has 6 nitrogen and oxygen atoms in total. The number of anilines is 1. The number of rotatable bonds is 6. The van der Waals surface area contributed by atoms with Gasteiger partial charge in [-0.1, -0.05) is 6.07 Å². The molecule has 3 rings (SSSR count). The summed E-state index contributed by atoms with van der Waals surface area (Å²) in [5.41, 5.74) is 0.297. The minimum atomic E-state index is -0.432. The number of nitrogens with zero attached hydrogens (tertiary/aromatic N) is 3. The third-order valence-corrected chi connectivity index (χ3v) is 3.32. The molecule has 1 amide bonds. The minimum absolute atomic E-state index is 0.297. The molecule has 0 aliphatic carbocycles. The van der Waals surface area contributed by atoms with Crippen LogP contribution in [0.15, 0.2) is 60.9 Å². The SMILES string of the molecule is O=C(NCCNc1ccc(-n2cccc2)nn1)c1cccc(F)c1. The first-order chi connectivity index (χ1) is 11.7. The predicted octanol–water partition coefficient (Wildman–Crippen LogP) is 2.25. The third-order valence-electron chi connectivity index (χ3n) is 3.32. The summed E-state index contributed by atoms with van der Waals surface area (Å²) in [5, 5.41) is 14.0. The van der Waals surface area contributed by atoms with Crippen LogP contribution in [0.1, 0.15) is 10.4 Å². The van der Waals surface area contributed by atoms with Crippen LogP contribution in [-0.4, -0.2) is 33.8 Å². The lowest BCUT2D eigenvalue weighted by Crippen LogP contribution is -2.29. The fourth-order valence-corrected chi connectivity index (χ4v) is 2.14. The van der Waals surface area contributed by atoms with Gasteiger partial charge in [0, 0.05) is 31.0 Å². The van der Waals surface area contributed by atoms with E-state index >= 15 is 0 Å². The van der Waals surface area contributed by atoms with E-state index in [1.165, 1.54) is 18.2 Å². The molecule has 0 fully saturated rings. The molecule has 0 aliphatic rings. The van der Waals surface area contributed by atoms with E-state index in [1.54, 1.807) is 6.07 Å². The van der Waals surface area contributed by atoms with Gasteiger partial charge in [0.2, 0.25) is 0 Å². The number of aromatic nitrogens is 3. The Hall–Kier alpha value is -3.22. The van der Waals surface area contributed by atoms with E-state index in [0.29, 0.717) is 24.5 Å². The van der Waals surface area contributed by atoms with Gasteiger partial charge in [-0.15, -0.1) is 10.2 Å². The van der Waals surface area contributed by atoms with Crippen LogP contribution in [0, 0.1) is 5.82 Å². The largest absolute Gasteiger partial charge is 0.367 e. The summed E-state index contributed by atoms with van der Waals surface area (Å²) in [4.78, 5) is 11.8. The summed E-state index contributed by atoms with van der Waals surface area (Å²) in [6, 6.07) is 13.1. The van der Waals surface area contributed by atoms with Gasteiger partial charge in [0.05, 0.1) is 0 Å². The summed E-state index contributed by atoms with van der Waals surface area (Å²) in [7, 11) is 0. The summed E-state index contributed by atoms with van der Waals surface area (Å²) in [6.07, 6.45) is 3.78. The van der Waals surface area contributed by atoms with Crippen molar-refractivity contribution in [2.24, 2.45) is 0 Å². The Kier molecular flexibility index (Phi) is 4.81. The zero-order valence-corrected chi connectivity index (χ0v) is 12.8. The second-order valence-corrected chi connectivity index (χ2v) is 5.06. The first-order valence-electron chi connectivity index (χ1n) is 7.47. The fourth-order valence-electron chi connectivity index (χ4n) is 2.14. The molecule has 24 heavy (non-hydrogen) atoms. The van der Waals surface area contributed by atoms with Crippen LogP contribution in [0.3, 0.4) is 0 Å². The number of carbonyl (C=O) groups excluding carboxylic acids is 1. The smallest absolute Gasteiger partial charge is 0.251 e. The van der Waals surface area contributed by atoms with Crippen molar-refractivity contribution in [3.05, 3.63) is 72.3 Å². The molecule has 0 bridgehead atoms. The van der Waals surface area contributed by atoms with Gasteiger partial charge in [-0.05, 0) is 42.5 Å². The summed E-state index contributed by atoms with van der Waals surface area (Å²) in [6.45, 7) is 0.870. The zero-order chi connectivity index (χ0) is 16.8. The van der Waals surface area contributed by atoms with Crippen LogP contribution in [0.4, 0.5) is 10.2 Å². The van der Waals surface area contributed by atoms with Crippen LogP contribution in [0.2, 0.25) is 0 Å². The summed E-state index contributed by atoms with van der Waals surface area (Å²) >= 11 is 0. The van der Waals surface area contributed by atoms with Crippen LogP contribution in [0.5, 0.6) is 0 Å². The van der Waals surface area contributed by atoms with E-state index in [4.69, 9.17) is 0 Å². The average molecular weight is 325 g/mol. The van der Waals surface area contributed by atoms with E-state index in [1.807, 2.05) is 41.2 Å². The molecule has 0 saturated heterocycles. The second kappa shape index (κ2) is 7.36. The molecule has 7 heteroatoms. The van der Waals surface area contributed by atoms with Gasteiger partial charge in [0.1, 0.15) is 11.6 Å². The lowest BCUT2D eigenvalue weighted by Gasteiger charge is -2.08. The molecular formula is C17H16FN5O. The number of halogens is 1. The zero-order valence-electron chi connectivity index (χ0n) is 12.8. The Morgan fingerprint density at radius 2 is 1.88 bits per heavy atom. The lowest BCUT2D eigenvalue weighted by molar-refractivity contribution is 0.0954. The first-order valence-corrected chi connectivity index (χ1v) is 7.47. The maximum absolute atomic E-state index is 13.1. The molecule has 2 N–H and O–H groups in total. The molecule has 2 aromatic heterocycles. The van der Waals surface area contributed by atoms with Crippen LogP contribution >= 0.6 is 0 Å². The Morgan fingerprint density at radius 1 is 1.04 bits per heavy atom. The molecule has 0 aliphatic heterocycles. The number of nitrogens with one attached hydrogen (secondary N) is 2. The number of hydrogen-bond acceptors (Lipinski definition) is 4. The second-order valence-electron chi connectivity index (χ2n) is 5.06. The van der Waals surface area contributed by atoms with Gasteiger partial charge in [0.25, 0.3) is 5.91 Å². The van der Waals surface area contributed by atoms with Gasteiger partial charge >= 0.3 is 0 Å². The Labute approximate surface area is 138 Å². The first kappa shape index (κ1) is 15.7. The van der Waals surface area contributed by atoms with E-state index < -0.39 is 5.82 Å². The van der Waals surface area contributed by atoms with Gasteiger partial charge in [0.15, 0.2) is 5.82 Å². The Balaban J connectivity index is 1.46. The van der Waals surface area contributed by atoms with Crippen molar-refractivity contribution in [1.29, 1.82) is 0 Å². The van der Waals surface area contributed by atoms with Gasteiger partial charge in [-0.25, -0.2) is 4.39 Å². The standard InChI is InChI=1S/C17H16FN5O/c18-14-5-3-4-13(12-14)17(24)20-9-8-19-15-6-7-16(22-21-15)23-10-1-2-11-23/h1-7,10-12H,8-9H2,(H,19,21)(H,20,24). The predicted molar refractivity (Wildman–Crippen MR) is 88.6 cm³/mol. The van der Waals surface area contributed by atoms with Crippen molar-refractivity contribution in [3.8, 4) is 5.82 Å².